The third-order valence-electron chi connectivity index (χ3n) is 3.11. The second-order valence-corrected chi connectivity index (χ2v) is 7.52. The molecule has 0 N–H and O–H groups in total. The molecule has 0 fully saturated rings. The lowest BCUT2D eigenvalue weighted by atomic mass is 10.3. The molecule has 1 aromatic carbocycles. The predicted octanol–water partition coefficient (Wildman–Crippen LogP) is 2.23. The monoisotopic (exact) mass is 355 g/mol. The molecule has 2 rings (SSSR count). The lowest BCUT2D eigenvalue weighted by Crippen LogP contribution is -2.31. The van der Waals surface area contributed by atoms with Gasteiger partial charge < -0.3 is 9.47 Å². The third kappa shape index (κ3) is 4.10. The largest absolute Gasteiger partial charge is 0.492 e. The highest BCUT2D eigenvalue weighted by Crippen LogP contribution is 2.25. The molecule has 6 nitrogen and oxygen atoms in total. The van der Waals surface area contributed by atoms with Crippen molar-refractivity contribution in [2.24, 2.45) is 0 Å². The topological polar surface area (TPSA) is 72.9 Å². The van der Waals surface area contributed by atoms with Gasteiger partial charge in [0.15, 0.2) is 0 Å². The Morgan fingerprint density at radius 1 is 1.22 bits per heavy atom. The number of hydrogen-bond acceptors (Lipinski definition) is 6. The van der Waals surface area contributed by atoms with Crippen molar-refractivity contribution in [2.75, 3.05) is 27.3 Å². The Kier molecular flexibility index (Phi) is 5.75. The van der Waals surface area contributed by atoms with E-state index >= 15 is 0 Å². The van der Waals surface area contributed by atoms with Gasteiger partial charge in [0.05, 0.1) is 7.11 Å². The van der Waals surface area contributed by atoms with E-state index in [1.165, 1.54) is 20.2 Å². The van der Waals surface area contributed by atoms with Crippen molar-refractivity contribution in [3.05, 3.63) is 46.7 Å². The van der Waals surface area contributed by atoms with Crippen LogP contribution in [-0.4, -0.2) is 46.0 Å². The van der Waals surface area contributed by atoms with Gasteiger partial charge >= 0.3 is 5.97 Å². The molecule has 0 saturated heterocycles. The Labute approximate surface area is 139 Å². The van der Waals surface area contributed by atoms with Gasteiger partial charge in [0.1, 0.15) is 22.1 Å². The number of rotatable bonds is 7. The number of likely N-dealkylation sites (N-methyl/N-ethyl adjacent to an activating group) is 1. The lowest BCUT2D eigenvalue weighted by Gasteiger charge is -2.17. The summed E-state index contributed by atoms with van der Waals surface area (Å²) in [5, 5.41) is 1.55. The lowest BCUT2D eigenvalue weighted by molar-refractivity contribution is 0.0602. The van der Waals surface area contributed by atoms with Crippen LogP contribution in [0.4, 0.5) is 0 Å². The van der Waals surface area contributed by atoms with Crippen LogP contribution in [0.2, 0.25) is 0 Å². The zero-order chi connectivity index (χ0) is 16.9. The molecule has 1 heterocycles. The van der Waals surface area contributed by atoms with Crippen LogP contribution in [0.3, 0.4) is 0 Å². The Morgan fingerprint density at radius 2 is 1.91 bits per heavy atom. The summed E-state index contributed by atoms with van der Waals surface area (Å²) < 4.78 is 36.4. The third-order valence-corrected chi connectivity index (χ3v) is 6.03. The first-order chi connectivity index (χ1) is 11.0. The number of benzene rings is 1. The maximum Gasteiger partial charge on any atom is 0.349 e. The van der Waals surface area contributed by atoms with E-state index in [4.69, 9.17) is 4.74 Å². The summed E-state index contributed by atoms with van der Waals surface area (Å²) in [4.78, 5) is 11.7. The van der Waals surface area contributed by atoms with Crippen LogP contribution in [0.5, 0.6) is 5.75 Å². The van der Waals surface area contributed by atoms with Gasteiger partial charge in [0.25, 0.3) is 0 Å². The fourth-order valence-electron chi connectivity index (χ4n) is 1.84. The van der Waals surface area contributed by atoms with Crippen LogP contribution >= 0.6 is 11.3 Å². The van der Waals surface area contributed by atoms with Gasteiger partial charge in [-0.1, -0.05) is 18.2 Å². The number of carbonyl (C=O) groups excluding carboxylic acids is 1. The minimum atomic E-state index is -3.77. The van der Waals surface area contributed by atoms with Crippen molar-refractivity contribution in [3.63, 3.8) is 0 Å². The van der Waals surface area contributed by atoms with E-state index in [2.05, 4.69) is 4.74 Å². The molecule has 0 atom stereocenters. The van der Waals surface area contributed by atoms with E-state index in [1.54, 1.807) is 17.5 Å². The molecule has 23 heavy (non-hydrogen) atoms. The zero-order valence-electron chi connectivity index (χ0n) is 12.8. The summed E-state index contributed by atoms with van der Waals surface area (Å²) in [6, 6.07) is 10.5. The van der Waals surface area contributed by atoms with Crippen molar-refractivity contribution < 1.29 is 22.7 Å². The van der Waals surface area contributed by atoms with Gasteiger partial charge in [-0.15, -0.1) is 11.3 Å². The molecule has 0 aliphatic heterocycles. The van der Waals surface area contributed by atoms with Crippen LogP contribution in [0, 0.1) is 0 Å². The number of sulfonamides is 1. The maximum absolute atomic E-state index is 12.5. The van der Waals surface area contributed by atoms with Gasteiger partial charge in [-0.3, -0.25) is 0 Å². The highest BCUT2D eigenvalue weighted by Gasteiger charge is 2.28. The maximum atomic E-state index is 12.5. The van der Waals surface area contributed by atoms with Crippen LogP contribution in [-0.2, 0) is 14.8 Å². The van der Waals surface area contributed by atoms with Crippen molar-refractivity contribution in [1.29, 1.82) is 0 Å². The van der Waals surface area contributed by atoms with E-state index < -0.39 is 16.0 Å². The number of esters is 1. The molecule has 0 spiro atoms. The smallest absolute Gasteiger partial charge is 0.349 e. The number of carbonyl (C=O) groups is 1. The van der Waals surface area contributed by atoms with E-state index in [0.29, 0.717) is 5.75 Å². The van der Waals surface area contributed by atoms with Crippen LogP contribution < -0.4 is 4.74 Å². The summed E-state index contributed by atoms with van der Waals surface area (Å²) in [5.74, 6) is 0.0107. The second-order valence-electron chi connectivity index (χ2n) is 4.59. The summed E-state index contributed by atoms with van der Waals surface area (Å²) in [7, 11) is -1.11. The van der Waals surface area contributed by atoms with Crippen molar-refractivity contribution >= 4 is 27.3 Å². The van der Waals surface area contributed by atoms with Crippen molar-refractivity contribution in [3.8, 4) is 5.75 Å². The number of methoxy groups -OCH3 is 1. The molecule has 124 valence electrons. The molecule has 0 amide bonds. The molecule has 0 aliphatic carbocycles. The normalized spacial score (nSPS) is 11.4. The number of para-hydroxylation sites is 1. The summed E-state index contributed by atoms with van der Waals surface area (Å²) in [6.07, 6.45) is 0. The minimum absolute atomic E-state index is 0.0449. The van der Waals surface area contributed by atoms with Gasteiger partial charge in [-0.05, 0) is 23.6 Å². The highest BCUT2D eigenvalue weighted by molar-refractivity contribution is 7.89. The molecule has 8 heteroatoms. The van der Waals surface area contributed by atoms with E-state index in [0.717, 1.165) is 15.6 Å². The number of thiophene rings is 1. The number of hydrogen-bond donors (Lipinski definition) is 0. The van der Waals surface area contributed by atoms with Crippen molar-refractivity contribution in [1.82, 2.24) is 4.31 Å². The zero-order valence-corrected chi connectivity index (χ0v) is 14.4. The summed E-state index contributed by atoms with van der Waals surface area (Å²) >= 11 is 1.04. The minimum Gasteiger partial charge on any atom is -0.492 e. The molecule has 2 aromatic rings. The first kappa shape index (κ1) is 17.5. The average Bonchev–Trinajstić information content (AvgIpc) is 3.05. The fraction of sp³-hybridized carbons (Fsp3) is 0.267. The molecule has 0 aliphatic rings. The van der Waals surface area contributed by atoms with Gasteiger partial charge in [0, 0.05) is 13.6 Å². The molecule has 0 saturated carbocycles. The van der Waals surface area contributed by atoms with Crippen LogP contribution in [0.15, 0.2) is 46.7 Å². The molecular weight excluding hydrogens is 338 g/mol. The SMILES string of the molecule is COC(=O)c1sccc1S(=O)(=O)N(C)CCOc1ccccc1. The Hall–Kier alpha value is -1.90. The standard InChI is InChI=1S/C15H17NO5S2/c1-16(9-10-21-12-6-4-3-5-7-12)23(18,19)13-8-11-22-14(13)15(17)20-2/h3-8,11H,9-10H2,1-2H3. The van der Waals surface area contributed by atoms with Gasteiger partial charge in [-0.2, -0.15) is 4.31 Å². The summed E-state index contributed by atoms with van der Waals surface area (Å²) in [6.45, 7) is 0.366. The molecule has 1 aromatic heterocycles. The van der Waals surface area contributed by atoms with E-state index in [9.17, 15) is 13.2 Å². The molecule has 0 radical (unpaired) electrons. The highest BCUT2D eigenvalue weighted by atomic mass is 32.2. The number of ether oxygens (including phenoxy) is 2. The van der Waals surface area contributed by atoms with E-state index in [1.807, 2.05) is 18.2 Å². The Balaban J connectivity index is 2.04. The average molecular weight is 355 g/mol. The summed E-state index contributed by atoms with van der Waals surface area (Å²) in [5.41, 5.74) is 0. The van der Waals surface area contributed by atoms with Gasteiger partial charge in [-0.25, -0.2) is 13.2 Å². The van der Waals surface area contributed by atoms with Gasteiger partial charge in [0.2, 0.25) is 10.0 Å². The van der Waals surface area contributed by atoms with E-state index in [-0.39, 0.29) is 22.9 Å². The Morgan fingerprint density at radius 3 is 2.57 bits per heavy atom. The molecule has 0 unspecified atom stereocenters. The first-order valence-electron chi connectivity index (χ1n) is 6.77. The quantitative estimate of drug-likeness (QED) is 0.712. The Bertz CT molecular complexity index is 755. The van der Waals surface area contributed by atoms with Crippen molar-refractivity contribution in [2.45, 2.75) is 4.90 Å². The first-order valence-corrected chi connectivity index (χ1v) is 9.09. The number of nitrogens with zero attached hydrogens (tertiary/aromatic N) is 1. The predicted molar refractivity (Wildman–Crippen MR) is 87.4 cm³/mol. The van der Waals surface area contributed by atoms with Crippen LogP contribution in [0.25, 0.3) is 0 Å². The molecule has 0 bridgehead atoms. The van der Waals surface area contributed by atoms with Crippen LogP contribution in [0.1, 0.15) is 9.67 Å². The fourth-order valence-corrected chi connectivity index (χ4v) is 4.30. The second kappa shape index (κ2) is 7.58. The molecular formula is C15H17NO5S2.